The van der Waals surface area contributed by atoms with E-state index in [-0.39, 0.29) is 15.6 Å². The molecule has 9 heteroatoms. The molecule has 0 aromatic heterocycles. The van der Waals surface area contributed by atoms with Gasteiger partial charge >= 0.3 is 0 Å². The van der Waals surface area contributed by atoms with Gasteiger partial charge in [-0.05, 0) is 48.8 Å². The van der Waals surface area contributed by atoms with Crippen LogP contribution in [0.25, 0.3) is 0 Å². The minimum absolute atomic E-state index is 0.117. The van der Waals surface area contributed by atoms with Crippen molar-refractivity contribution in [3.8, 4) is 0 Å². The second-order valence-corrected chi connectivity index (χ2v) is 8.73. The lowest BCUT2D eigenvalue weighted by Gasteiger charge is -2.16. The van der Waals surface area contributed by atoms with E-state index >= 15 is 0 Å². The van der Waals surface area contributed by atoms with E-state index in [0.29, 0.717) is 19.6 Å². The summed E-state index contributed by atoms with van der Waals surface area (Å²) in [5.74, 6) is -0.470. The zero-order valence-corrected chi connectivity index (χ0v) is 16.9. The Kier molecular flexibility index (Phi) is 6.61. The number of nitrogens with zero attached hydrogens (tertiary/aromatic N) is 1. The highest BCUT2D eigenvalue weighted by Gasteiger charge is 2.27. The highest BCUT2D eigenvalue weighted by Crippen LogP contribution is 2.21. The van der Waals surface area contributed by atoms with Gasteiger partial charge in [-0.1, -0.05) is 36.4 Å². The summed E-state index contributed by atoms with van der Waals surface area (Å²) in [7, 11) is -3.57. The topological polar surface area (TPSA) is 90.5 Å². The molecule has 0 saturated carbocycles. The maximum atomic E-state index is 12.6. The van der Waals surface area contributed by atoms with Crippen LogP contribution >= 0.6 is 12.2 Å². The molecule has 3 N–H and O–H groups in total. The summed E-state index contributed by atoms with van der Waals surface area (Å²) in [5, 5.41) is 3.24. The SMILES string of the molecule is O=C(NNC(=S)NCc1ccccc1)c1cccc(S(=O)(=O)N2CCCC2)c1. The van der Waals surface area contributed by atoms with Crippen LogP contribution in [0.1, 0.15) is 28.8 Å². The van der Waals surface area contributed by atoms with Gasteiger partial charge < -0.3 is 5.32 Å². The molecule has 1 heterocycles. The molecule has 1 fully saturated rings. The van der Waals surface area contributed by atoms with Crippen molar-refractivity contribution < 1.29 is 13.2 Å². The van der Waals surface area contributed by atoms with Crippen LogP contribution in [-0.4, -0.2) is 36.8 Å². The first-order valence-electron chi connectivity index (χ1n) is 8.95. The van der Waals surface area contributed by atoms with Gasteiger partial charge in [0.1, 0.15) is 0 Å². The third kappa shape index (κ3) is 5.06. The van der Waals surface area contributed by atoms with E-state index in [1.54, 1.807) is 12.1 Å². The number of hydrazine groups is 1. The first-order valence-corrected chi connectivity index (χ1v) is 10.8. The van der Waals surface area contributed by atoms with Gasteiger partial charge in [0, 0.05) is 25.2 Å². The molecule has 0 spiro atoms. The van der Waals surface area contributed by atoms with Gasteiger partial charge in [-0.2, -0.15) is 4.31 Å². The van der Waals surface area contributed by atoms with Crippen LogP contribution in [0.3, 0.4) is 0 Å². The number of sulfonamides is 1. The van der Waals surface area contributed by atoms with Crippen molar-refractivity contribution in [2.75, 3.05) is 13.1 Å². The van der Waals surface area contributed by atoms with Crippen LogP contribution in [-0.2, 0) is 16.6 Å². The first-order chi connectivity index (χ1) is 13.5. The molecule has 0 unspecified atom stereocenters. The number of hydrogen-bond donors (Lipinski definition) is 3. The number of thiocarbonyl (C=S) groups is 1. The number of benzene rings is 2. The predicted octanol–water partition coefficient (Wildman–Crippen LogP) is 1.78. The molecular formula is C19H22N4O3S2. The van der Waals surface area contributed by atoms with Crippen LogP contribution in [0.2, 0.25) is 0 Å². The van der Waals surface area contributed by atoms with Crippen molar-refractivity contribution in [1.82, 2.24) is 20.5 Å². The van der Waals surface area contributed by atoms with Crippen LogP contribution < -0.4 is 16.2 Å². The summed E-state index contributed by atoms with van der Waals surface area (Å²) in [6, 6.07) is 15.7. The molecule has 0 aliphatic carbocycles. The maximum absolute atomic E-state index is 12.6. The second-order valence-electron chi connectivity index (χ2n) is 6.39. The Morgan fingerprint density at radius 1 is 1.00 bits per heavy atom. The highest BCUT2D eigenvalue weighted by molar-refractivity contribution is 7.89. The van der Waals surface area contributed by atoms with E-state index in [2.05, 4.69) is 16.2 Å². The number of hydrogen-bond acceptors (Lipinski definition) is 4. The highest BCUT2D eigenvalue weighted by atomic mass is 32.2. The lowest BCUT2D eigenvalue weighted by Crippen LogP contribution is -2.46. The molecule has 1 aliphatic rings. The summed E-state index contributed by atoms with van der Waals surface area (Å²) < 4.78 is 26.7. The van der Waals surface area contributed by atoms with Gasteiger partial charge in [-0.15, -0.1) is 0 Å². The predicted molar refractivity (Wildman–Crippen MR) is 111 cm³/mol. The van der Waals surface area contributed by atoms with E-state index < -0.39 is 15.9 Å². The van der Waals surface area contributed by atoms with Crippen molar-refractivity contribution in [2.45, 2.75) is 24.3 Å². The second kappa shape index (κ2) is 9.13. The smallest absolute Gasteiger partial charge is 0.269 e. The van der Waals surface area contributed by atoms with E-state index in [4.69, 9.17) is 12.2 Å². The average Bonchev–Trinajstić information content (AvgIpc) is 3.27. The number of nitrogens with one attached hydrogen (secondary N) is 3. The molecule has 1 aliphatic heterocycles. The van der Waals surface area contributed by atoms with Gasteiger partial charge in [0.15, 0.2) is 5.11 Å². The molecule has 2 aromatic carbocycles. The summed E-state index contributed by atoms with van der Waals surface area (Å²) in [5.41, 5.74) is 6.40. The molecule has 2 aromatic rings. The molecule has 0 atom stereocenters. The third-order valence-corrected chi connectivity index (χ3v) is 6.53. The van der Waals surface area contributed by atoms with Crippen LogP contribution in [0.15, 0.2) is 59.5 Å². The van der Waals surface area contributed by atoms with Crippen molar-refractivity contribution in [3.05, 3.63) is 65.7 Å². The Morgan fingerprint density at radius 2 is 1.71 bits per heavy atom. The minimum atomic E-state index is -3.57. The van der Waals surface area contributed by atoms with Gasteiger partial charge in [0.25, 0.3) is 5.91 Å². The van der Waals surface area contributed by atoms with Crippen LogP contribution in [0.4, 0.5) is 0 Å². The maximum Gasteiger partial charge on any atom is 0.269 e. The first kappa shape index (κ1) is 20.2. The molecule has 1 amide bonds. The zero-order chi connectivity index (χ0) is 20.0. The Morgan fingerprint density at radius 3 is 2.43 bits per heavy atom. The lowest BCUT2D eigenvalue weighted by atomic mass is 10.2. The Hall–Kier alpha value is -2.49. The van der Waals surface area contributed by atoms with Crippen LogP contribution in [0.5, 0.6) is 0 Å². The summed E-state index contributed by atoms with van der Waals surface area (Å²) in [6.07, 6.45) is 1.72. The van der Waals surface area contributed by atoms with Gasteiger partial charge in [0.05, 0.1) is 4.90 Å². The fraction of sp³-hybridized carbons (Fsp3) is 0.263. The monoisotopic (exact) mass is 418 g/mol. The summed E-state index contributed by atoms with van der Waals surface area (Å²) in [6.45, 7) is 1.55. The number of rotatable bonds is 5. The van der Waals surface area contributed by atoms with Crippen LogP contribution in [0, 0.1) is 0 Å². The molecule has 148 valence electrons. The van der Waals surface area contributed by atoms with Gasteiger partial charge in [-0.25, -0.2) is 8.42 Å². The quantitative estimate of drug-likeness (QED) is 0.507. The van der Waals surface area contributed by atoms with E-state index in [0.717, 1.165) is 18.4 Å². The standard InChI is InChI=1S/C19H22N4O3S2/c24-18(21-22-19(27)20-14-15-7-2-1-3-8-15)16-9-6-10-17(13-16)28(25,26)23-11-4-5-12-23/h1-3,6-10,13H,4-5,11-12,14H2,(H,21,24)(H2,20,22,27). The number of amides is 1. The fourth-order valence-electron chi connectivity index (χ4n) is 2.88. The van der Waals surface area contributed by atoms with Crippen molar-refractivity contribution in [1.29, 1.82) is 0 Å². The van der Waals surface area contributed by atoms with Gasteiger partial charge in [-0.3, -0.25) is 15.6 Å². The lowest BCUT2D eigenvalue weighted by molar-refractivity contribution is 0.0943. The third-order valence-electron chi connectivity index (χ3n) is 4.38. The molecule has 3 rings (SSSR count). The van der Waals surface area contributed by atoms with Crippen molar-refractivity contribution >= 4 is 33.3 Å². The van der Waals surface area contributed by atoms with E-state index in [1.165, 1.54) is 16.4 Å². The van der Waals surface area contributed by atoms with Crippen molar-refractivity contribution in [3.63, 3.8) is 0 Å². The average molecular weight is 419 g/mol. The largest absolute Gasteiger partial charge is 0.357 e. The molecule has 0 radical (unpaired) electrons. The normalized spacial score (nSPS) is 14.4. The summed E-state index contributed by atoms with van der Waals surface area (Å²) >= 11 is 5.14. The molecule has 1 saturated heterocycles. The molecule has 7 nitrogen and oxygen atoms in total. The zero-order valence-electron chi connectivity index (χ0n) is 15.2. The Bertz CT molecular complexity index is 943. The Labute approximate surface area is 170 Å². The number of carbonyl (C=O) groups excluding carboxylic acids is 1. The van der Waals surface area contributed by atoms with E-state index in [9.17, 15) is 13.2 Å². The number of carbonyl (C=O) groups is 1. The minimum Gasteiger partial charge on any atom is -0.357 e. The molecule has 28 heavy (non-hydrogen) atoms. The van der Waals surface area contributed by atoms with Crippen molar-refractivity contribution in [2.24, 2.45) is 0 Å². The summed E-state index contributed by atoms with van der Waals surface area (Å²) in [4.78, 5) is 12.5. The van der Waals surface area contributed by atoms with E-state index in [1.807, 2.05) is 30.3 Å². The molecular weight excluding hydrogens is 396 g/mol. The van der Waals surface area contributed by atoms with Gasteiger partial charge in [0.2, 0.25) is 10.0 Å². The fourth-order valence-corrected chi connectivity index (χ4v) is 4.57. The molecule has 0 bridgehead atoms. The Balaban J connectivity index is 1.56.